The molecule has 0 spiro atoms. The zero-order valence-electron chi connectivity index (χ0n) is 15.0. The fourth-order valence-electron chi connectivity index (χ4n) is 2.85. The maximum Gasteiger partial charge on any atom is 0.309 e. The van der Waals surface area contributed by atoms with E-state index in [1.807, 2.05) is 0 Å². The summed E-state index contributed by atoms with van der Waals surface area (Å²) in [5.41, 5.74) is 0.593. The second-order valence-corrected chi connectivity index (χ2v) is 6.14. The molecule has 1 aromatic rings. The van der Waals surface area contributed by atoms with Crippen LogP contribution in [0.25, 0.3) is 0 Å². The molecule has 2 rings (SSSR count). The monoisotopic (exact) mass is 365 g/mol. The lowest BCUT2D eigenvalue weighted by molar-refractivity contribution is -0.151. The van der Waals surface area contributed by atoms with Crippen molar-refractivity contribution in [3.8, 4) is 0 Å². The van der Waals surface area contributed by atoms with Gasteiger partial charge in [0.1, 0.15) is 5.82 Å². The van der Waals surface area contributed by atoms with Crippen LogP contribution in [0.3, 0.4) is 0 Å². The molecule has 0 radical (unpaired) electrons. The van der Waals surface area contributed by atoms with Gasteiger partial charge in [-0.15, -0.1) is 0 Å². The Labute approximate surface area is 151 Å². The van der Waals surface area contributed by atoms with Gasteiger partial charge in [0.15, 0.2) is 0 Å². The van der Waals surface area contributed by atoms with E-state index in [1.165, 1.54) is 25.1 Å². The zero-order chi connectivity index (χ0) is 19.1. The van der Waals surface area contributed by atoms with E-state index in [-0.39, 0.29) is 35.9 Å². The second-order valence-electron chi connectivity index (χ2n) is 6.14. The lowest BCUT2D eigenvalue weighted by Gasteiger charge is -2.31. The Kier molecular flexibility index (Phi) is 6.94. The molecule has 1 heterocycles. The van der Waals surface area contributed by atoms with Gasteiger partial charge < -0.3 is 20.3 Å². The molecule has 1 aliphatic rings. The van der Waals surface area contributed by atoms with Gasteiger partial charge in [-0.25, -0.2) is 4.39 Å². The Morgan fingerprint density at radius 2 is 1.96 bits per heavy atom. The molecule has 142 valence electrons. The third-order valence-electron chi connectivity index (χ3n) is 4.18. The number of halogens is 1. The predicted molar refractivity (Wildman–Crippen MR) is 95.1 cm³/mol. The first-order valence-corrected chi connectivity index (χ1v) is 8.66. The Morgan fingerprint density at radius 3 is 2.58 bits per heavy atom. The third kappa shape index (κ3) is 5.44. The Hall–Kier alpha value is -2.64. The van der Waals surface area contributed by atoms with Gasteiger partial charge in [-0.1, -0.05) is 0 Å². The highest BCUT2D eigenvalue weighted by molar-refractivity contribution is 5.89. The molecular formula is C18H24FN3O4. The van der Waals surface area contributed by atoms with Crippen molar-refractivity contribution in [1.29, 1.82) is 0 Å². The maximum atomic E-state index is 13.9. The average molecular weight is 365 g/mol. The number of nitrogens with one attached hydrogen (secondary N) is 2. The summed E-state index contributed by atoms with van der Waals surface area (Å²) in [7, 11) is 0. The van der Waals surface area contributed by atoms with Crippen molar-refractivity contribution in [2.45, 2.75) is 26.7 Å². The Balaban J connectivity index is 1.86. The standard InChI is InChI=1S/C18H24FN3O4/c1-3-26-18(25)13-6-8-22(9-7-13)17(24)11-20-16-10-14(21-12(2)23)4-5-15(16)19/h4-5,10,13,20H,3,6-9,11H2,1-2H3,(H,21,23). The largest absolute Gasteiger partial charge is 0.466 e. The lowest BCUT2D eigenvalue weighted by Crippen LogP contribution is -2.43. The molecule has 7 nitrogen and oxygen atoms in total. The van der Waals surface area contributed by atoms with Gasteiger partial charge in [0.2, 0.25) is 11.8 Å². The van der Waals surface area contributed by atoms with E-state index in [0.717, 1.165) is 0 Å². The van der Waals surface area contributed by atoms with Crippen LogP contribution < -0.4 is 10.6 Å². The number of rotatable bonds is 6. The second kappa shape index (κ2) is 9.17. The van der Waals surface area contributed by atoms with Gasteiger partial charge >= 0.3 is 5.97 Å². The van der Waals surface area contributed by atoms with Crippen LogP contribution >= 0.6 is 0 Å². The molecule has 0 atom stereocenters. The molecule has 1 aromatic carbocycles. The van der Waals surface area contributed by atoms with Gasteiger partial charge in [-0.3, -0.25) is 14.4 Å². The van der Waals surface area contributed by atoms with E-state index in [1.54, 1.807) is 11.8 Å². The maximum absolute atomic E-state index is 13.9. The average Bonchev–Trinajstić information content (AvgIpc) is 2.61. The molecule has 26 heavy (non-hydrogen) atoms. The van der Waals surface area contributed by atoms with Crippen LogP contribution in [0.5, 0.6) is 0 Å². The van der Waals surface area contributed by atoms with Crippen LogP contribution in [-0.2, 0) is 19.1 Å². The number of carbonyl (C=O) groups excluding carboxylic acids is 3. The van der Waals surface area contributed by atoms with E-state index >= 15 is 0 Å². The minimum atomic E-state index is -0.507. The quantitative estimate of drug-likeness (QED) is 0.753. The number of hydrogen-bond acceptors (Lipinski definition) is 5. The SMILES string of the molecule is CCOC(=O)C1CCN(C(=O)CNc2cc(NC(C)=O)ccc2F)CC1. The highest BCUT2D eigenvalue weighted by atomic mass is 19.1. The molecule has 1 saturated heterocycles. The van der Waals surface area contributed by atoms with E-state index in [0.29, 0.717) is 38.2 Å². The molecule has 1 aliphatic heterocycles. The molecular weight excluding hydrogens is 341 g/mol. The minimum Gasteiger partial charge on any atom is -0.466 e. The van der Waals surface area contributed by atoms with Crippen molar-refractivity contribution in [2.24, 2.45) is 5.92 Å². The number of carbonyl (C=O) groups is 3. The highest BCUT2D eigenvalue weighted by Gasteiger charge is 2.28. The molecule has 0 bridgehead atoms. The number of amides is 2. The summed E-state index contributed by atoms with van der Waals surface area (Å²) in [4.78, 5) is 36.8. The smallest absolute Gasteiger partial charge is 0.309 e. The fraction of sp³-hybridized carbons (Fsp3) is 0.500. The first-order chi connectivity index (χ1) is 12.4. The topological polar surface area (TPSA) is 87.7 Å². The Bertz CT molecular complexity index is 672. The van der Waals surface area contributed by atoms with Gasteiger partial charge in [-0.2, -0.15) is 0 Å². The van der Waals surface area contributed by atoms with Crippen LogP contribution in [0.1, 0.15) is 26.7 Å². The molecule has 0 aromatic heterocycles. The van der Waals surface area contributed by atoms with Crippen molar-refractivity contribution in [1.82, 2.24) is 4.90 Å². The number of esters is 1. The zero-order valence-corrected chi connectivity index (χ0v) is 15.0. The first kappa shape index (κ1) is 19.7. The number of hydrogen-bond donors (Lipinski definition) is 2. The number of nitrogens with zero attached hydrogens (tertiary/aromatic N) is 1. The summed E-state index contributed by atoms with van der Waals surface area (Å²) in [5.74, 6) is -1.32. The summed E-state index contributed by atoms with van der Waals surface area (Å²) in [5, 5.41) is 5.33. The van der Waals surface area contributed by atoms with Gasteiger partial charge in [0, 0.05) is 25.7 Å². The molecule has 0 aliphatic carbocycles. The van der Waals surface area contributed by atoms with E-state index in [9.17, 15) is 18.8 Å². The number of piperidine rings is 1. The normalized spacial score (nSPS) is 14.7. The molecule has 2 amide bonds. The minimum absolute atomic E-state index is 0.0650. The third-order valence-corrected chi connectivity index (χ3v) is 4.18. The van der Waals surface area contributed by atoms with Crippen molar-refractivity contribution in [3.05, 3.63) is 24.0 Å². The number of ether oxygens (including phenoxy) is 1. The van der Waals surface area contributed by atoms with Crippen LogP contribution in [-0.4, -0.2) is 48.9 Å². The number of likely N-dealkylation sites (tertiary alicyclic amines) is 1. The van der Waals surface area contributed by atoms with Crippen LogP contribution in [0.2, 0.25) is 0 Å². The molecule has 0 unspecified atom stereocenters. The number of benzene rings is 1. The van der Waals surface area contributed by atoms with E-state index in [4.69, 9.17) is 4.74 Å². The Morgan fingerprint density at radius 1 is 1.27 bits per heavy atom. The van der Waals surface area contributed by atoms with Gasteiger partial charge in [0.25, 0.3) is 0 Å². The molecule has 0 saturated carbocycles. The summed E-state index contributed by atoms with van der Waals surface area (Å²) >= 11 is 0. The summed E-state index contributed by atoms with van der Waals surface area (Å²) < 4.78 is 18.9. The number of anilines is 2. The molecule has 1 fully saturated rings. The summed E-state index contributed by atoms with van der Waals surface area (Å²) in [6, 6.07) is 4.11. The highest BCUT2D eigenvalue weighted by Crippen LogP contribution is 2.21. The van der Waals surface area contributed by atoms with Crippen molar-refractivity contribution < 1.29 is 23.5 Å². The van der Waals surface area contributed by atoms with Crippen LogP contribution in [0, 0.1) is 11.7 Å². The first-order valence-electron chi connectivity index (χ1n) is 8.66. The van der Waals surface area contributed by atoms with Crippen LogP contribution in [0.15, 0.2) is 18.2 Å². The fourth-order valence-corrected chi connectivity index (χ4v) is 2.85. The van der Waals surface area contributed by atoms with Crippen molar-refractivity contribution >= 4 is 29.2 Å². The lowest BCUT2D eigenvalue weighted by atomic mass is 9.97. The van der Waals surface area contributed by atoms with Crippen LogP contribution in [0.4, 0.5) is 15.8 Å². The summed E-state index contributed by atoms with van der Waals surface area (Å²) in [6.07, 6.45) is 1.13. The predicted octanol–water partition coefficient (Wildman–Crippen LogP) is 2.00. The summed E-state index contributed by atoms with van der Waals surface area (Å²) in [6.45, 7) is 4.36. The van der Waals surface area contributed by atoms with Crippen molar-refractivity contribution in [3.63, 3.8) is 0 Å². The van der Waals surface area contributed by atoms with Crippen molar-refractivity contribution in [2.75, 3.05) is 36.9 Å². The molecule has 2 N–H and O–H groups in total. The van der Waals surface area contributed by atoms with E-state index < -0.39 is 5.82 Å². The van der Waals surface area contributed by atoms with Gasteiger partial charge in [-0.05, 0) is 38.0 Å². The van der Waals surface area contributed by atoms with Gasteiger partial charge in [0.05, 0.1) is 24.8 Å². The van der Waals surface area contributed by atoms with E-state index in [2.05, 4.69) is 10.6 Å². The molecule has 8 heteroatoms.